The summed E-state index contributed by atoms with van der Waals surface area (Å²) in [5, 5.41) is 3.27. The largest absolute Gasteiger partial charge is 0.381 e. The molecule has 0 spiro atoms. The average molecular weight is 348 g/mol. The lowest BCUT2D eigenvalue weighted by Gasteiger charge is -2.35. The first-order valence-corrected chi connectivity index (χ1v) is 8.95. The second kappa shape index (κ2) is 7.70. The van der Waals surface area contributed by atoms with Crippen LogP contribution in [-0.4, -0.2) is 56.3 Å². The molecule has 8 heteroatoms. The molecule has 124 valence electrons. The second-order valence-electron chi connectivity index (χ2n) is 5.63. The molecule has 2 fully saturated rings. The molecule has 0 saturated carbocycles. The standard InChI is InChI=1S/C14H21N3O3S.ClH/c18-21(19,11-12-3-7-20-10-12)17-6-5-16-9-14(17)13-2-1-4-15-8-13;/h1-2,4,8,12,14,16H,3,5-7,9-11H2;1H. The molecule has 3 heterocycles. The fraction of sp³-hybridized carbons (Fsp3) is 0.643. The molecule has 2 atom stereocenters. The minimum atomic E-state index is -3.28. The highest BCUT2D eigenvalue weighted by molar-refractivity contribution is 7.89. The van der Waals surface area contributed by atoms with Gasteiger partial charge in [0.2, 0.25) is 10.0 Å². The van der Waals surface area contributed by atoms with Crippen LogP contribution < -0.4 is 5.32 Å². The van der Waals surface area contributed by atoms with Gasteiger partial charge in [0.15, 0.2) is 0 Å². The number of hydrogen-bond acceptors (Lipinski definition) is 5. The Hall–Kier alpha value is -0.730. The van der Waals surface area contributed by atoms with Crippen LogP contribution in [0.4, 0.5) is 0 Å². The average Bonchev–Trinajstić information content (AvgIpc) is 3.00. The zero-order chi connectivity index (χ0) is 14.7. The fourth-order valence-corrected chi connectivity index (χ4v) is 4.99. The number of halogens is 1. The van der Waals surface area contributed by atoms with Crippen molar-refractivity contribution in [2.24, 2.45) is 5.92 Å². The van der Waals surface area contributed by atoms with Crippen molar-refractivity contribution in [1.29, 1.82) is 0 Å². The van der Waals surface area contributed by atoms with E-state index in [2.05, 4.69) is 10.3 Å². The Morgan fingerprint density at radius 3 is 3.00 bits per heavy atom. The van der Waals surface area contributed by atoms with Gasteiger partial charge in [-0.1, -0.05) is 6.07 Å². The number of hydrogen-bond donors (Lipinski definition) is 1. The maximum atomic E-state index is 12.7. The van der Waals surface area contributed by atoms with Crippen molar-refractivity contribution in [2.45, 2.75) is 12.5 Å². The summed E-state index contributed by atoms with van der Waals surface area (Å²) in [5.41, 5.74) is 0.941. The molecule has 2 aliphatic rings. The lowest BCUT2D eigenvalue weighted by molar-refractivity contribution is 0.188. The van der Waals surface area contributed by atoms with Gasteiger partial charge >= 0.3 is 0 Å². The molecule has 0 amide bonds. The molecule has 3 rings (SSSR count). The van der Waals surface area contributed by atoms with E-state index in [1.165, 1.54) is 0 Å². The molecule has 2 unspecified atom stereocenters. The van der Waals surface area contributed by atoms with Crippen LogP contribution in [0, 0.1) is 5.92 Å². The Labute approximate surface area is 137 Å². The van der Waals surface area contributed by atoms with Crippen molar-refractivity contribution in [3.05, 3.63) is 30.1 Å². The van der Waals surface area contributed by atoms with Gasteiger partial charge in [-0.25, -0.2) is 8.42 Å². The van der Waals surface area contributed by atoms with E-state index in [4.69, 9.17) is 4.74 Å². The summed E-state index contributed by atoms with van der Waals surface area (Å²) in [4.78, 5) is 4.11. The van der Waals surface area contributed by atoms with E-state index in [1.54, 1.807) is 16.7 Å². The molecule has 1 N–H and O–H groups in total. The van der Waals surface area contributed by atoms with Gasteiger partial charge in [-0.15, -0.1) is 12.4 Å². The maximum Gasteiger partial charge on any atom is 0.215 e. The summed E-state index contributed by atoms with van der Waals surface area (Å²) in [7, 11) is -3.28. The molecule has 0 aromatic carbocycles. The lowest BCUT2D eigenvalue weighted by Crippen LogP contribution is -2.49. The van der Waals surface area contributed by atoms with E-state index in [9.17, 15) is 8.42 Å². The van der Waals surface area contributed by atoms with Crippen molar-refractivity contribution < 1.29 is 13.2 Å². The van der Waals surface area contributed by atoms with Gasteiger partial charge in [0.1, 0.15) is 0 Å². The molecular weight excluding hydrogens is 326 g/mol. The molecule has 1 aromatic heterocycles. The zero-order valence-electron chi connectivity index (χ0n) is 12.3. The van der Waals surface area contributed by atoms with Crippen LogP contribution in [-0.2, 0) is 14.8 Å². The summed E-state index contributed by atoms with van der Waals surface area (Å²) in [6, 6.07) is 3.62. The molecular formula is C14H22ClN3O3S. The number of aromatic nitrogens is 1. The molecule has 1 aromatic rings. The van der Waals surface area contributed by atoms with Crippen molar-refractivity contribution in [3.8, 4) is 0 Å². The van der Waals surface area contributed by atoms with Crippen molar-refractivity contribution in [3.63, 3.8) is 0 Å². The van der Waals surface area contributed by atoms with Gasteiger partial charge in [0, 0.05) is 38.6 Å². The molecule has 0 radical (unpaired) electrons. The van der Waals surface area contributed by atoms with Gasteiger partial charge in [-0.2, -0.15) is 4.31 Å². The Kier molecular flexibility index (Phi) is 6.17. The number of ether oxygens (including phenoxy) is 1. The minimum absolute atomic E-state index is 0. The van der Waals surface area contributed by atoms with Crippen LogP contribution in [0.25, 0.3) is 0 Å². The maximum absolute atomic E-state index is 12.7. The zero-order valence-corrected chi connectivity index (χ0v) is 14.0. The monoisotopic (exact) mass is 347 g/mol. The molecule has 2 aliphatic heterocycles. The van der Waals surface area contributed by atoms with Crippen LogP contribution in [0.1, 0.15) is 18.0 Å². The summed E-state index contributed by atoms with van der Waals surface area (Å²) in [6.45, 7) is 3.06. The van der Waals surface area contributed by atoms with Gasteiger partial charge in [0.25, 0.3) is 0 Å². The molecule has 22 heavy (non-hydrogen) atoms. The van der Waals surface area contributed by atoms with Gasteiger partial charge in [0.05, 0.1) is 18.4 Å². The smallest absolute Gasteiger partial charge is 0.215 e. The predicted octanol–water partition coefficient (Wildman–Crippen LogP) is 0.816. The summed E-state index contributed by atoms with van der Waals surface area (Å²) in [6.07, 6.45) is 4.29. The number of pyridine rings is 1. The number of piperazine rings is 1. The second-order valence-corrected chi connectivity index (χ2v) is 7.59. The molecule has 0 aliphatic carbocycles. The topological polar surface area (TPSA) is 71.5 Å². The Morgan fingerprint density at radius 2 is 2.32 bits per heavy atom. The van der Waals surface area contributed by atoms with Gasteiger partial charge < -0.3 is 10.1 Å². The van der Waals surface area contributed by atoms with E-state index < -0.39 is 10.0 Å². The van der Waals surface area contributed by atoms with Crippen molar-refractivity contribution in [2.75, 3.05) is 38.6 Å². The lowest BCUT2D eigenvalue weighted by atomic mass is 10.1. The van der Waals surface area contributed by atoms with Gasteiger partial charge in [-0.3, -0.25) is 4.98 Å². The van der Waals surface area contributed by atoms with Crippen molar-refractivity contribution >= 4 is 22.4 Å². The van der Waals surface area contributed by atoms with Crippen LogP contribution in [0.3, 0.4) is 0 Å². The predicted molar refractivity (Wildman–Crippen MR) is 86.5 cm³/mol. The van der Waals surface area contributed by atoms with Crippen LogP contribution in [0.15, 0.2) is 24.5 Å². The normalized spacial score (nSPS) is 26.5. The van der Waals surface area contributed by atoms with E-state index in [0.717, 1.165) is 12.0 Å². The van der Waals surface area contributed by atoms with Gasteiger partial charge in [-0.05, 0) is 24.0 Å². The fourth-order valence-electron chi connectivity index (χ4n) is 2.98. The third-order valence-electron chi connectivity index (χ3n) is 4.09. The molecule has 0 bridgehead atoms. The van der Waals surface area contributed by atoms with E-state index >= 15 is 0 Å². The quantitative estimate of drug-likeness (QED) is 0.873. The Bertz CT molecular complexity index is 564. The highest BCUT2D eigenvalue weighted by atomic mass is 35.5. The summed E-state index contributed by atoms with van der Waals surface area (Å²) in [5.74, 6) is 0.309. The highest BCUT2D eigenvalue weighted by Crippen LogP contribution is 2.27. The highest BCUT2D eigenvalue weighted by Gasteiger charge is 2.35. The Balaban J connectivity index is 0.00000176. The van der Waals surface area contributed by atoms with Crippen LogP contribution >= 0.6 is 12.4 Å². The number of sulfonamides is 1. The van der Waals surface area contributed by atoms with Crippen molar-refractivity contribution in [1.82, 2.24) is 14.6 Å². The molecule has 2 saturated heterocycles. The number of nitrogens with zero attached hydrogens (tertiary/aromatic N) is 2. The van der Waals surface area contributed by atoms with Crippen LogP contribution in [0.2, 0.25) is 0 Å². The van der Waals surface area contributed by atoms with E-state index in [1.807, 2.05) is 12.1 Å². The third kappa shape index (κ3) is 3.97. The first-order chi connectivity index (χ1) is 10.2. The Morgan fingerprint density at radius 1 is 1.45 bits per heavy atom. The number of rotatable bonds is 4. The first kappa shape index (κ1) is 17.6. The minimum Gasteiger partial charge on any atom is -0.381 e. The van der Waals surface area contributed by atoms with E-state index in [-0.39, 0.29) is 30.1 Å². The first-order valence-electron chi connectivity index (χ1n) is 7.35. The SMILES string of the molecule is Cl.O=S(=O)(CC1CCOC1)N1CCNCC1c1cccnc1. The third-order valence-corrected chi connectivity index (χ3v) is 6.14. The summed E-state index contributed by atoms with van der Waals surface area (Å²) >= 11 is 0. The number of nitrogens with one attached hydrogen (secondary N) is 1. The summed E-state index contributed by atoms with van der Waals surface area (Å²) < 4.78 is 32.4. The molecule has 6 nitrogen and oxygen atoms in total. The van der Waals surface area contributed by atoms with E-state index in [0.29, 0.717) is 32.8 Å². The van der Waals surface area contributed by atoms with Crippen LogP contribution in [0.5, 0.6) is 0 Å².